The number of carbonyl (C=O) groups excluding carboxylic acids is 1. The molecule has 2 aromatic carbocycles. The number of ether oxygens (including phenoxy) is 2. The molecule has 0 spiro atoms. The zero-order valence-corrected chi connectivity index (χ0v) is 21.0. The Bertz CT molecular complexity index is 1070. The molecule has 3 aromatic rings. The molecule has 1 heterocycles. The lowest BCUT2D eigenvalue weighted by Gasteiger charge is -2.22. The van der Waals surface area contributed by atoms with Crippen molar-refractivity contribution >= 4 is 17.2 Å². The summed E-state index contributed by atoms with van der Waals surface area (Å²) < 4.78 is 24.1. The van der Waals surface area contributed by atoms with Crippen LogP contribution in [0.3, 0.4) is 0 Å². The number of amides is 1. The molecule has 1 aromatic heterocycles. The Morgan fingerprint density at radius 2 is 1.79 bits per heavy atom. The Kier molecular flexibility index (Phi) is 9.42. The molecule has 182 valence electrons. The first-order chi connectivity index (χ1) is 16.4. The summed E-state index contributed by atoms with van der Waals surface area (Å²) in [5.41, 5.74) is 2.58. The molecule has 0 saturated heterocycles. The molecule has 3 rings (SSSR count). The maximum atomic E-state index is 13.4. The molecule has 0 bridgehead atoms. The summed E-state index contributed by atoms with van der Waals surface area (Å²) >= 11 is 1.48. The average Bonchev–Trinajstić information content (AvgIpc) is 3.32. The predicted octanol–water partition coefficient (Wildman–Crippen LogP) is 5.07. The highest BCUT2D eigenvalue weighted by Gasteiger charge is 2.16. The van der Waals surface area contributed by atoms with Crippen LogP contribution < -0.4 is 14.8 Å². The molecule has 0 aliphatic rings. The van der Waals surface area contributed by atoms with Gasteiger partial charge in [-0.2, -0.15) is 0 Å². The van der Waals surface area contributed by atoms with E-state index in [1.165, 1.54) is 23.5 Å². The number of halogens is 1. The minimum Gasteiger partial charge on any atom is -0.493 e. The highest BCUT2D eigenvalue weighted by Crippen LogP contribution is 2.28. The molecule has 0 aliphatic carbocycles. The lowest BCUT2D eigenvalue weighted by atomic mass is 10.1. The molecule has 34 heavy (non-hydrogen) atoms. The maximum Gasteiger partial charge on any atom is 0.270 e. The largest absolute Gasteiger partial charge is 0.493 e. The number of thiazole rings is 1. The first-order valence-electron chi connectivity index (χ1n) is 11.3. The van der Waals surface area contributed by atoms with Gasteiger partial charge in [0.15, 0.2) is 11.5 Å². The van der Waals surface area contributed by atoms with Crippen LogP contribution in [0.2, 0.25) is 0 Å². The van der Waals surface area contributed by atoms with E-state index >= 15 is 0 Å². The normalized spacial score (nSPS) is 11.9. The van der Waals surface area contributed by atoms with Gasteiger partial charge in [-0.05, 0) is 55.2 Å². The van der Waals surface area contributed by atoms with Crippen LogP contribution in [-0.4, -0.2) is 42.6 Å². The Hall–Kier alpha value is -2.97. The Morgan fingerprint density at radius 3 is 2.47 bits per heavy atom. The smallest absolute Gasteiger partial charge is 0.270 e. The van der Waals surface area contributed by atoms with Crippen LogP contribution in [-0.2, 0) is 19.5 Å². The average molecular weight is 486 g/mol. The third kappa shape index (κ3) is 7.27. The number of hydrogen-bond donors (Lipinski definition) is 1. The van der Waals surface area contributed by atoms with Gasteiger partial charge in [0, 0.05) is 24.5 Å². The van der Waals surface area contributed by atoms with Gasteiger partial charge >= 0.3 is 0 Å². The summed E-state index contributed by atoms with van der Waals surface area (Å²) in [5.74, 6) is 0.993. The van der Waals surface area contributed by atoms with Crippen molar-refractivity contribution in [2.75, 3.05) is 20.8 Å². The summed E-state index contributed by atoms with van der Waals surface area (Å²) in [6.45, 7) is 5.99. The van der Waals surface area contributed by atoms with Crippen LogP contribution in [0.15, 0.2) is 47.8 Å². The van der Waals surface area contributed by atoms with Crippen molar-refractivity contribution < 1.29 is 18.7 Å². The van der Waals surface area contributed by atoms with E-state index in [0.717, 1.165) is 35.5 Å². The summed E-state index contributed by atoms with van der Waals surface area (Å²) in [4.78, 5) is 19.2. The fourth-order valence-electron chi connectivity index (χ4n) is 3.46. The van der Waals surface area contributed by atoms with Crippen molar-refractivity contribution in [1.29, 1.82) is 0 Å². The van der Waals surface area contributed by atoms with Crippen LogP contribution in [0.25, 0.3) is 0 Å². The molecular formula is C26H32FN3O3S. The van der Waals surface area contributed by atoms with Crippen molar-refractivity contribution in [3.8, 4) is 11.5 Å². The highest BCUT2D eigenvalue weighted by molar-refractivity contribution is 7.09. The minimum atomic E-state index is -0.252. The second-order valence-corrected chi connectivity index (χ2v) is 9.13. The molecular weight excluding hydrogens is 453 g/mol. The van der Waals surface area contributed by atoms with Crippen molar-refractivity contribution in [3.63, 3.8) is 0 Å². The molecule has 8 heteroatoms. The van der Waals surface area contributed by atoms with E-state index < -0.39 is 0 Å². The van der Waals surface area contributed by atoms with Crippen LogP contribution in [0.1, 0.15) is 46.9 Å². The molecule has 1 amide bonds. The first-order valence-corrected chi connectivity index (χ1v) is 12.2. The monoisotopic (exact) mass is 485 g/mol. The lowest BCUT2D eigenvalue weighted by Crippen LogP contribution is -2.32. The number of aromatic nitrogens is 1. The second kappa shape index (κ2) is 12.5. The van der Waals surface area contributed by atoms with E-state index in [1.54, 1.807) is 31.7 Å². The van der Waals surface area contributed by atoms with E-state index in [0.29, 0.717) is 30.3 Å². The zero-order chi connectivity index (χ0) is 24.5. The fourth-order valence-corrected chi connectivity index (χ4v) is 4.28. The van der Waals surface area contributed by atoms with Crippen LogP contribution in [0.4, 0.5) is 4.39 Å². The molecule has 0 aliphatic heterocycles. The quantitative estimate of drug-likeness (QED) is 0.388. The summed E-state index contributed by atoms with van der Waals surface area (Å²) in [7, 11) is 3.24. The van der Waals surface area contributed by atoms with Gasteiger partial charge in [0.05, 0.1) is 20.8 Å². The summed E-state index contributed by atoms with van der Waals surface area (Å²) in [5, 5.41) is 5.63. The molecule has 6 nitrogen and oxygen atoms in total. The SMILES string of the molecule is CCC(C)NC(=O)c1csc(CN(CCc2ccc(OC)c(OC)c2)Cc2ccc(F)cc2)n1. The number of hydrogen-bond acceptors (Lipinski definition) is 6. The topological polar surface area (TPSA) is 63.7 Å². The van der Waals surface area contributed by atoms with Gasteiger partial charge in [0.1, 0.15) is 16.5 Å². The number of nitrogens with one attached hydrogen (secondary N) is 1. The van der Waals surface area contributed by atoms with Gasteiger partial charge in [-0.1, -0.05) is 25.1 Å². The van der Waals surface area contributed by atoms with Crippen LogP contribution >= 0.6 is 11.3 Å². The minimum absolute atomic E-state index is 0.106. The molecule has 1 atom stereocenters. The van der Waals surface area contributed by atoms with Gasteiger partial charge in [-0.15, -0.1) is 11.3 Å². The third-order valence-corrected chi connectivity index (χ3v) is 6.45. The molecule has 1 unspecified atom stereocenters. The van der Waals surface area contributed by atoms with E-state index in [1.807, 2.05) is 32.0 Å². The van der Waals surface area contributed by atoms with E-state index in [9.17, 15) is 9.18 Å². The third-order valence-electron chi connectivity index (χ3n) is 5.62. The number of methoxy groups -OCH3 is 2. The number of nitrogens with zero attached hydrogens (tertiary/aromatic N) is 2. The van der Waals surface area contributed by atoms with Crippen molar-refractivity contribution in [2.24, 2.45) is 0 Å². The number of benzene rings is 2. The first kappa shape index (κ1) is 25.6. The Labute approximate surface area is 204 Å². The summed E-state index contributed by atoms with van der Waals surface area (Å²) in [6, 6.07) is 12.6. The fraction of sp³-hybridized carbons (Fsp3) is 0.385. The molecule has 0 saturated carbocycles. The molecule has 0 fully saturated rings. The van der Waals surface area contributed by atoms with Crippen LogP contribution in [0, 0.1) is 5.82 Å². The predicted molar refractivity (Wildman–Crippen MR) is 133 cm³/mol. The van der Waals surface area contributed by atoms with Crippen molar-refractivity contribution in [2.45, 2.75) is 45.8 Å². The zero-order valence-electron chi connectivity index (χ0n) is 20.1. The van der Waals surface area contributed by atoms with Gasteiger partial charge in [0.2, 0.25) is 0 Å². The van der Waals surface area contributed by atoms with E-state index in [2.05, 4.69) is 15.2 Å². The number of carbonyl (C=O) groups is 1. The molecule has 0 radical (unpaired) electrons. The number of rotatable bonds is 12. The van der Waals surface area contributed by atoms with Gasteiger partial charge in [-0.25, -0.2) is 9.37 Å². The standard InChI is InChI=1S/C26H32FN3O3S/c1-5-18(2)28-26(31)22-17-34-25(29-22)16-30(15-20-6-9-21(27)10-7-20)13-12-19-8-11-23(32-3)24(14-19)33-4/h6-11,14,17-18H,5,12-13,15-16H2,1-4H3,(H,28,31). The Morgan fingerprint density at radius 1 is 1.09 bits per heavy atom. The Balaban J connectivity index is 1.72. The lowest BCUT2D eigenvalue weighted by molar-refractivity contribution is 0.0934. The van der Waals surface area contributed by atoms with E-state index in [4.69, 9.17) is 9.47 Å². The van der Waals surface area contributed by atoms with Crippen molar-refractivity contribution in [3.05, 3.63) is 75.5 Å². The maximum absolute atomic E-state index is 13.4. The highest BCUT2D eigenvalue weighted by atomic mass is 32.1. The molecule has 1 N–H and O–H groups in total. The van der Waals surface area contributed by atoms with E-state index in [-0.39, 0.29) is 17.8 Å². The van der Waals surface area contributed by atoms with Gasteiger partial charge in [-0.3, -0.25) is 9.69 Å². The summed E-state index contributed by atoms with van der Waals surface area (Å²) in [6.07, 6.45) is 1.65. The van der Waals surface area contributed by atoms with Crippen LogP contribution in [0.5, 0.6) is 11.5 Å². The van der Waals surface area contributed by atoms with Gasteiger partial charge in [0.25, 0.3) is 5.91 Å². The van der Waals surface area contributed by atoms with Crippen molar-refractivity contribution in [1.82, 2.24) is 15.2 Å². The van der Waals surface area contributed by atoms with Gasteiger partial charge < -0.3 is 14.8 Å². The second-order valence-electron chi connectivity index (χ2n) is 8.19.